The molecular formula is C15H17N5O5. The molecule has 10 heteroatoms. The quantitative estimate of drug-likeness (QED) is 0.822. The first-order valence-electron chi connectivity index (χ1n) is 7.37. The molecule has 3 rings (SSSR count). The monoisotopic (exact) mass is 347 g/mol. The maximum Gasteiger partial charge on any atom is 0.249 e. The van der Waals surface area contributed by atoms with E-state index in [9.17, 15) is 9.59 Å². The number of fused-ring (bicyclic) bond motifs is 1. The van der Waals surface area contributed by atoms with Crippen LogP contribution in [-0.2, 0) is 9.59 Å². The number of methoxy groups -OCH3 is 3. The van der Waals surface area contributed by atoms with Gasteiger partial charge in [-0.1, -0.05) is 0 Å². The fourth-order valence-electron chi connectivity index (χ4n) is 2.59. The summed E-state index contributed by atoms with van der Waals surface area (Å²) in [6.07, 6.45) is 1.24. The standard InChI is InChI=1S/C15H17N5O5/c1-23-10-4-8(5-11(24-2)13(10)25-3)18-14(22)9-6-12(21)19-15-16-7-17-20(9)15/h4-5,7,9H,6H2,1-3H3,(H,18,22)(H,16,17,19,21)/t9-/m1/s1. The topological polar surface area (TPSA) is 117 Å². The fraction of sp³-hybridized carbons (Fsp3) is 0.333. The summed E-state index contributed by atoms with van der Waals surface area (Å²) in [4.78, 5) is 28.3. The average molecular weight is 347 g/mol. The van der Waals surface area contributed by atoms with Crippen LogP contribution in [0.25, 0.3) is 0 Å². The van der Waals surface area contributed by atoms with Gasteiger partial charge in [0.05, 0.1) is 27.8 Å². The van der Waals surface area contributed by atoms with Crippen molar-refractivity contribution in [2.45, 2.75) is 12.5 Å². The van der Waals surface area contributed by atoms with E-state index in [1.807, 2.05) is 0 Å². The highest BCUT2D eigenvalue weighted by Crippen LogP contribution is 2.40. The molecule has 2 amide bonds. The van der Waals surface area contributed by atoms with Crippen molar-refractivity contribution in [1.82, 2.24) is 14.8 Å². The number of anilines is 2. The number of carbonyl (C=O) groups is 2. The first kappa shape index (κ1) is 16.6. The molecule has 0 unspecified atom stereocenters. The normalized spacial score (nSPS) is 15.8. The van der Waals surface area contributed by atoms with E-state index < -0.39 is 11.9 Å². The number of hydrogen-bond acceptors (Lipinski definition) is 7. The molecule has 0 fully saturated rings. The van der Waals surface area contributed by atoms with Gasteiger partial charge in [0.15, 0.2) is 11.5 Å². The second-order valence-electron chi connectivity index (χ2n) is 5.20. The van der Waals surface area contributed by atoms with Crippen LogP contribution in [-0.4, -0.2) is 47.9 Å². The minimum Gasteiger partial charge on any atom is -0.493 e. The third kappa shape index (κ3) is 3.05. The van der Waals surface area contributed by atoms with Crippen LogP contribution in [0.4, 0.5) is 11.6 Å². The molecule has 132 valence electrons. The summed E-state index contributed by atoms with van der Waals surface area (Å²) in [6.45, 7) is 0. The number of aromatic nitrogens is 3. The van der Waals surface area contributed by atoms with Crippen LogP contribution in [0.1, 0.15) is 12.5 Å². The van der Waals surface area contributed by atoms with E-state index in [0.29, 0.717) is 22.9 Å². The highest BCUT2D eigenvalue weighted by Gasteiger charge is 2.32. The lowest BCUT2D eigenvalue weighted by molar-refractivity contribution is -0.125. The summed E-state index contributed by atoms with van der Waals surface area (Å²) < 4.78 is 17.1. The van der Waals surface area contributed by atoms with Crippen molar-refractivity contribution in [2.24, 2.45) is 0 Å². The Labute approximate surface area is 143 Å². The summed E-state index contributed by atoms with van der Waals surface area (Å²) in [5, 5.41) is 9.29. The van der Waals surface area contributed by atoms with E-state index in [1.54, 1.807) is 12.1 Å². The summed E-state index contributed by atoms with van der Waals surface area (Å²) in [5.41, 5.74) is 0.437. The third-order valence-electron chi connectivity index (χ3n) is 3.73. The molecule has 1 aromatic heterocycles. The second kappa shape index (κ2) is 6.67. The predicted molar refractivity (Wildman–Crippen MR) is 87.0 cm³/mol. The van der Waals surface area contributed by atoms with Gasteiger partial charge in [0.1, 0.15) is 12.4 Å². The van der Waals surface area contributed by atoms with Gasteiger partial charge in [0.25, 0.3) is 0 Å². The molecule has 2 N–H and O–H groups in total. The van der Waals surface area contributed by atoms with Gasteiger partial charge in [0, 0.05) is 17.8 Å². The van der Waals surface area contributed by atoms with E-state index in [-0.39, 0.29) is 18.3 Å². The molecule has 2 heterocycles. The third-order valence-corrected chi connectivity index (χ3v) is 3.73. The number of nitrogens with zero attached hydrogens (tertiary/aromatic N) is 3. The van der Waals surface area contributed by atoms with Crippen molar-refractivity contribution in [3.8, 4) is 17.2 Å². The number of amides is 2. The van der Waals surface area contributed by atoms with Gasteiger partial charge in [-0.25, -0.2) is 4.68 Å². The number of ether oxygens (including phenoxy) is 3. The molecule has 1 aromatic carbocycles. The summed E-state index contributed by atoms with van der Waals surface area (Å²) in [7, 11) is 4.46. The highest BCUT2D eigenvalue weighted by molar-refractivity contribution is 6.01. The number of hydrogen-bond donors (Lipinski definition) is 2. The SMILES string of the molecule is COc1cc(NC(=O)[C@H]2CC(=O)Nc3ncnn32)cc(OC)c1OC. The first-order valence-corrected chi connectivity index (χ1v) is 7.37. The Kier molecular flexibility index (Phi) is 4.42. The lowest BCUT2D eigenvalue weighted by Gasteiger charge is -2.23. The van der Waals surface area contributed by atoms with Crippen LogP contribution in [0.5, 0.6) is 17.2 Å². The maximum absolute atomic E-state index is 12.6. The number of nitrogens with one attached hydrogen (secondary N) is 2. The van der Waals surface area contributed by atoms with Crippen LogP contribution in [0, 0.1) is 0 Å². The number of benzene rings is 1. The second-order valence-corrected chi connectivity index (χ2v) is 5.20. The predicted octanol–water partition coefficient (Wildman–Crippen LogP) is 0.826. The van der Waals surface area contributed by atoms with Gasteiger partial charge in [-0.2, -0.15) is 10.1 Å². The van der Waals surface area contributed by atoms with Crippen molar-refractivity contribution >= 4 is 23.5 Å². The van der Waals surface area contributed by atoms with Crippen LogP contribution in [0.3, 0.4) is 0 Å². The van der Waals surface area contributed by atoms with Crippen LogP contribution in [0.2, 0.25) is 0 Å². The molecule has 1 aliphatic heterocycles. The Morgan fingerprint density at radius 3 is 2.52 bits per heavy atom. The van der Waals surface area contributed by atoms with Crippen molar-refractivity contribution in [3.63, 3.8) is 0 Å². The minimum atomic E-state index is -0.801. The van der Waals surface area contributed by atoms with Crippen LogP contribution < -0.4 is 24.8 Å². The minimum absolute atomic E-state index is 0.0351. The van der Waals surface area contributed by atoms with Gasteiger partial charge < -0.3 is 19.5 Å². The Balaban J connectivity index is 1.88. The Morgan fingerprint density at radius 1 is 1.24 bits per heavy atom. The van der Waals surface area contributed by atoms with Crippen molar-refractivity contribution in [2.75, 3.05) is 32.0 Å². The zero-order valence-corrected chi connectivity index (χ0v) is 13.9. The Hall–Kier alpha value is -3.30. The molecule has 1 atom stereocenters. The molecule has 2 aromatic rings. The van der Waals surface area contributed by atoms with E-state index >= 15 is 0 Å². The lowest BCUT2D eigenvalue weighted by Crippen LogP contribution is -2.36. The van der Waals surface area contributed by atoms with Crippen LogP contribution >= 0.6 is 0 Å². The first-order chi connectivity index (χ1) is 12.1. The van der Waals surface area contributed by atoms with Crippen molar-refractivity contribution in [3.05, 3.63) is 18.5 Å². The molecule has 10 nitrogen and oxygen atoms in total. The number of carbonyl (C=O) groups excluding carboxylic acids is 2. The lowest BCUT2D eigenvalue weighted by atomic mass is 10.1. The Bertz CT molecular complexity index is 793. The highest BCUT2D eigenvalue weighted by atomic mass is 16.5. The van der Waals surface area contributed by atoms with Crippen LogP contribution in [0.15, 0.2) is 18.5 Å². The average Bonchev–Trinajstić information content (AvgIpc) is 3.08. The molecule has 0 bridgehead atoms. The maximum atomic E-state index is 12.6. The smallest absolute Gasteiger partial charge is 0.249 e. The summed E-state index contributed by atoms with van der Waals surface area (Å²) in [5.74, 6) is 0.751. The number of rotatable bonds is 5. The Morgan fingerprint density at radius 2 is 1.92 bits per heavy atom. The molecule has 0 aliphatic carbocycles. The largest absolute Gasteiger partial charge is 0.493 e. The molecule has 0 spiro atoms. The summed E-state index contributed by atoms with van der Waals surface area (Å²) in [6, 6.07) is 2.40. The zero-order valence-electron chi connectivity index (χ0n) is 13.9. The molecule has 0 saturated carbocycles. The fourth-order valence-corrected chi connectivity index (χ4v) is 2.59. The van der Waals surface area contributed by atoms with Crippen molar-refractivity contribution < 1.29 is 23.8 Å². The van der Waals surface area contributed by atoms with Gasteiger partial charge in [-0.3, -0.25) is 14.9 Å². The molecule has 1 aliphatic rings. The van der Waals surface area contributed by atoms with Gasteiger partial charge in [-0.15, -0.1) is 0 Å². The van der Waals surface area contributed by atoms with Gasteiger partial charge >= 0.3 is 0 Å². The zero-order chi connectivity index (χ0) is 18.0. The van der Waals surface area contributed by atoms with Crippen molar-refractivity contribution in [1.29, 1.82) is 0 Å². The molecule has 25 heavy (non-hydrogen) atoms. The van der Waals surface area contributed by atoms with Gasteiger partial charge in [0.2, 0.25) is 23.5 Å². The van der Waals surface area contributed by atoms with Gasteiger partial charge in [-0.05, 0) is 0 Å². The van der Waals surface area contributed by atoms with E-state index in [0.717, 1.165) is 0 Å². The molecule has 0 radical (unpaired) electrons. The van der Waals surface area contributed by atoms with E-state index in [2.05, 4.69) is 20.7 Å². The van der Waals surface area contributed by atoms with E-state index in [1.165, 1.54) is 32.3 Å². The molecular weight excluding hydrogens is 330 g/mol. The van der Waals surface area contributed by atoms with E-state index in [4.69, 9.17) is 14.2 Å². The molecule has 0 saturated heterocycles. The summed E-state index contributed by atoms with van der Waals surface area (Å²) >= 11 is 0.